The van der Waals surface area contributed by atoms with Gasteiger partial charge in [0.1, 0.15) is 0 Å². The minimum Gasteiger partial charge on any atom is -0.447 e. The van der Waals surface area contributed by atoms with Crippen molar-refractivity contribution in [1.29, 1.82) is 0 Å². The molecular weight excluding hydrogens is 392 g/mol. The van der Waals surface area contributed by atoms with Gasteiger partial charge in [-0.1, -0.05) is 35.9 Å². The van der Waals surface area contributed by atoms with Gasteiger partial charge in [-0.15, -0.1) is 0 Å². The van der Waals surface area contributed by atoms with Gasteiger partial charge in [0.2, 0.25) is 0 Å². The topological polar surface area (TPSA) is 87.9 Å². The third-order valence-corrected chi connectivity index (χ3v) is 6.05. The molecule has 3 N–H and O–H groups in total. The lowest BCUT2D eigenvalue weighted by Crippen LogP contribution is -2.38. The van der Waals surface area contributed by atoms with Crippen molar-refractivity contribution in [3.8, 4) is 11.1 Å². The van der Waals surface area contributed by atoms with Crippen molar-refractivity contribution in [3.63, 3.8) is 0 Å². The van der Waals surface area contributed by atoms with Crippen LogP contribution in [0.2, 0.25) is 0 Å². The summed E-state index contributed by atoms with van der Waals surface area (Å²) in [6.07, 6.45) is -0.391. The van der Waals surface area contributed by atoms with E-state index in [1.807, 2.05) is 36.9 Å². The third kappa shape index (κ3) is 4.60. The highest BCUT2D eigenvalue weighted by atomic mass is 16.6. The minimum absolute atomic E-state index is 0.128. The molecule has 0 spiro atoms. The van der Waals surface area contributed by atoms with Gasteiger partial charge in [0.05, 0.1) is 17.5 Å². The van der Waals surface area contributed by atoms with Gasteiger partial charge in [-0.2, -0.15) is 0 Å². The molecule has 2 aromatic rings. The Morgan fingerprint density at radius 2 is 1.55 bits per heavy atom. The van der Waals surface area contributed by atoms with Crippen molar-refractivity contribution in [1.82, 2.24) is 9.80 Å². The van der Waals surface area contributed by atoms with Crippen LogP contribution in [-0.4, -0.2) is 54.2 Å². The highest BCUT2D eigenvalue weighted by molar-refractivity contribution is 5.94. The van der Waals surface area contributed by atoms with Crippen LogP contribution in [0.25, 0.3) is 11.1 Å². The van der Waals surface area contributed by atoms with Crippen LogP contribution < -0.4 is 11.1 Å². The van der Waals surface area contributed by atoms with E-state index in [1.54, 1.807) is 4.90 Å². The fourth-order valence-electron chi connectivity index (χ4n) is 4.37. The standard InChI is InChI=1S/C24H30N4O3/c1-15(2)31-24(30)28-13-19-11-27(12-20(19)14-28)23(29)26-22-10-18(8-9-21(22)25)17-6-4-16(3)5-7-17/h4-10,15,19-20H,11-14,25H2,1-3H3,(H,26,29). The molecule has 164 valence electrons. The van der Waals surface area contributed by atoms with Gasteiger partial charge in [0, 0.05) is 38.0 Å². The van der Waals surface area contributed by atoms with Crippen LogP contribution >= 0.6 is 0 Å². The van der Waals surface area contributed by atoms with Gasteiger partial charge in [0.25, 0.3) is 0 Å². The zero-order valence-corrected chi connectivity index (χ0v) is 18.3. The van der Waals surface area contributed by atoms with Crippen LogP contribution in [0.15, 0.2) is 42.5 Å². The molecule has 2 aromatic carbocycles. The zero-order chi connectivity index (χ0) is 22.1. The molecule has 3 amide bonds. The number of hydrogen-bond donors (Lipinski definition) is 2. The number of nitrogens with one attached hydrogen (secondary N) is 1. The van der Waals surface area contributed by atoms with Crippen molar-refractivity contribution in [2.24, 2.45) is 11.8 Å². The summed E-state index contributed by atoms with van der Waals surface area (Å²) < 4.78 is 5.30. The highest BCUT2D eigenvalue weighted by Crippen LogP contribution is 2.33. The smallest absolute Gasteiger partial charge is 0.410 e. The summed E-state index contributed by atoms with van der Waals surface area (Å²) in [4.78, 5) is 28.6. The Morgan fingerprint density at radius 3 is 2.16 bits per heavy atom. The molecule has 2 aliphatic heterocycles. The summed E-state index contributed by atoms with van der Waals surface area (Å²) in [5.41, 5.74) is 10.6. The normalized spacial score (nSPS) is 20.1. The van der Waals surface area contributed by atoms with Crippen LogP contribution in [-0.2, 0) is 4.74 Å². The van der Waals surface area contributed by atoms with Crippen molar-refractivity contribution in [3.05, 3.63) is 48.0 Å². The number of rotatable bonds is 3. The number of ether oxygens (including phenoxy) is 1. The quantitative estimate of drug-likeness (QED) is 0.726. The molecule has 7 nitrogen and oxygen atoms in total. The molecular formula is C24H30N4O3. The number of nitrogens with zero attached hydrogens (tertiary/aromatic N) is 2. The summed E-state index contributed by atoms with van der Waals surface area (Å²) in [5.74, 6) is 0.559. The number of carbonyl (C=O) groups is 2. The number of nitrogen functional groups attached to an aromatic ring is 1. The maximum atomic E-state index is 12.9. The second kappa shape index (κ2) is 8.49. The third-order valence-electron chi connectivity index (χ3n) is 6.05. The highest BCUT2D eigenvalue weighted by Gasteiger charge is 2.43. The first-order valence-electron chi connectivity index (χ1n) is 10.8. The van der Waals surface area contributed by atoms with E-state index >= 15 is 0 Å². The number of amides is 3. The van der Waals surface area contributed by atoms with Crippen LogP contribution in [0.1, 0.15) is 19.4 Å². The molecule has 0 radical (unpaired) electrons. The van der Waals surface area contributed by atoms with Crippen molar-refractivity contribution < 1.29 is 14.3 Å². The molecule has 0 aromatic heterocycles. The average Bonchev–Trinajstić information content (AvgIpc) is 3.29. The molecule has 2 unspecified atom stereocenters. The zero-order valence-electron chi connectivity index (χ0n) is 18.3. The summed E-state index contributed by atoms with van der Waals surface area (Å²) in [7, 11) is 0. The van der Waals surface area contributed by atoms with E-state index in [0.717, 1.165) is 11.1 Å². The van der Waals surface area contributed by atoms with Crippen LogP contribution in [0, 0.1) is 18.8 Å². The largest absolute Gasteiger partial charge is 0.447 e. The van der Waals surface area contributed by atoms with Crippen molar-refractivity contribution in [2.45, 2.75) is 26.9 Å². The maximum absolute atomic E-state index is 12.9. The number of benzene rings is 2. The average molecular weight is 423 g/mol. The van der Waals surface area contributed by atoms with Crippen LogP contribution in [0.5, 0.6) is 0 Å². The van der Waals surface area contributed by atoms with E-state index in [0.29, 0.717) is 37.6 Å². The van der Waals surface area contributed by atoms with Crippen LogP contribution in [0.4, 0.5) is 21.0 Å². The van der Waals surface area contributed by atoms with Gasteiger partial charge in [-0.3, -0.25) is 0 Å². The van der Waals surface area contributed by atoms with E-state index in [2.05, 4.69) is 36.5 Å². The first-order chi connectivity index (χ1) is 14.8. The van der Waals surface area contributed by atoms with E-state index in [4.69, 9.17) is 10.5 Å². The lowest BCUT2D eigenvalue weighted by molar-refractivity contribution is 0.0807. The minimum atomic E-state index is -0.263. The lowest BCUT2D eigenvalue weighted by Gasteiger charge is -2.23. The SMILES string of the molecule is Cc1ccc(-c2ccc(N)c(NC(=O)N3CC4CN(C(=O)OC(C)C)CC4C3)c2)cc1. The van der Waals surface area contributed by atoms with Crippen molar-refractivity contribution >= 4 is 23.5 Å². The Balaban J connectivity index is 1.38. The monoisotopic (exact) mass is 422 g/mol. The number of aryl methyl sites for hydroxylation is 1. The summed E-state index contributed by atoms with van der Waals surface area (Å²) >= 11 is 0. The summed E-state index contributed by atoms with van der Waals surface area (Å²) in [6, 6.07) is 13.8. The number of fused-ring (bicyclic) bond motifs is 1. The fraction of sp³-hybridized carbons (Fsp3) is 0.417. The molecule has 31 heavy (non-hydrogen) atoms. The van der Waals surface area contributed by atoms with E-state index in [9.17, 15) is 9.59 Å². The number of carbonyl (C=O) groups excluding carboxylic acids is 2. The van der Waals surface area contributed by atoms with E-state index in [1.165, 1.54) is 5.56 Å². The van der Waals surface area contributed by atoms with Crippen LogP contribution in [0.3, 0.4) is 0 Å². The number of likely N-dealkylation sites (tertiary alicyclic amines) is 2. The summed E-state index contributed by atoms with van der Waals surface area (Å²) in [5, 5.41) is 2.98. The van der Waals surface area contributed by atoms with E-state index < -0.39 is 0 Å². The molecule has 2 atom stereocenters. The predicted molar refractivity (Wildman–Crippen MR) is 122 cm³/mol. The molecule has 2 saturated heterocycles. The second-order valence-electron chi connectivity index (χ2n) is 8.86. The van der Waals surface area contributed by atoms with Gasteiger partial charge < -0.3 is 25.6 Å². The number of anilines is 2. The number of nitrogens with two attached hydrogens (primary N) is 1. The Kier molecular flexibility index (Phi) is 5.76. The van der Waals surface area contributed by atoms with Gasteiger partial charge in [-0.25, -0.2) is 9.59 Å². The van der Waals surface area contributed by atoms with Crippen molar-refractivity contribution in [2.75, 3.05) is 37.2 Å². The molecule has 4 rings (SSSR count). The molecule has 2 fully saturated rings. The van der Waals surface area contributed by atoms with Gasteiger partial charge in [-0.05, 0) is 44.0 Å². The van der Waals surface area contributed by atoms with Gasteiger partial charge in [0.15, 0.2) is 0 Å². The Labute approximate surface area is 183 Å². The Morgan fingerprint density at radius 1 is 0.968 bits per heavy atom. The molecule has 0 saturated carbocycles. The number of urea groups is 1. The fourth-order valence-corrected chi connectivity index (χ4v) is 4.37. The first kappa shape index (κ1) is 21.0. The van der Waals surface area contributed by atoms with E-state index in [-0.39, 0.29) is 30.1 Å². The first-order valence-corrected chi connectivity index (χ1v) is 10.8. The predicted octanol–water partition coefficient (Wildman–Crippen LogP) is 4.18. The molecule has 0 aliphatic carbocycles. The molecule has 0 bridgehead atoms. The summed E-state index contributed by atoms with van der Waals surface area (Å²) in [6.45, 7) is 8.26. The lowest BCUT2D eigenvalue weighted by atomic mass is 10.0. The molecule has 2 aliphatic rings. The maximum Gasteiger partial charge on any atom is 0.410 e. The Hall–Kier alpha value is -3.22. The Bertz CT molecular complexity index is 959. The van der Waals surface area contributed by atoms with Gasteiger partial charge >= 0.3 is 12.1 Å². The molecule has 2 heterocycles. The number of hydrogen-bond acceptors (Lipinski definition) is 4. The second-order valence-corrected chi connectivity index (χ2v) is 8.86. The molecule has 7 heteroatoms.